The second kappa shape index (κ2) is 7.99. The molecule has 1 heterocycles. The Morgan fingerprint density at radius 3 is 2.69 bits per heavy atom. The van der Waals surface area contributed by atoms with Gasteiger partial charge in [0, 0.05) is 24.8 Å². The SMILES string of the molecule is CCCCC(S)CCCCN1CCCC1=O. The van der Waals surface area contributed by atoms with Crippen molar-refractivity contribution >= 4 is 18.5 Å². The lowest BCUT2D eigenvalue weighted by atomic mass is 10.1. The molecule has 0 spiro atoms. The van der Waals surface area contributed by atoms with Crippen LogP contribution in [0.25, 0.3) is 0 Å². The summed E-state index contributed by atoms with van der Waals surface area (Å²) in [6.45, 7) is 4.17. The average molecular weight is 243 g/mol. The lowest BCUT2D eigenvalue weighted by Crippen LogP contribution is -2.25. The zero-order valence-electron chi connectivity index (χ0n) is 10.5. The van der Waals surface area contributed by atoms with E-state index in [9.17, 15) is 4.79 Å². The molecule has 1 amide bonds. The molecule has 3 heteroatoms. The Morgan fingerprint density at radius 1 is 1.31 bits per heavy atom. The number of carbonyl (C=O) groups is 1. The van der Waals surface area contributed by atoms with Gasteiger partial charge < -0.3 is 4.90 Å². The Bertz CT molecular complexity index is 208. The molecule has 0 radical (unpaired) electrons. The molecule has 1 fully saturated rings. The largest absolute Gasteiger partial charge is 0.343 e. The van der Waals surface area contributed by atoms with Crippen LogP contribution < -0.4 is 0 Å². The monoisotopic (exact) mass is 243 g/mol. The fourth-order valence-corrected chi connectivity index (χ4v) is 2.57. The first kappa shape index (κ1) is 13.9. The summed E-state index contributed by atoms with van der Waals surface area (Å²) in [5.74, 6) is 0.355. The Hall–Kier alpha value is -0.180. The molecule has 0 aromatic heterocycles. The van der Waals surface area contributed by atoms with Crippen molar-refractivity contribution in [1.82, 2.24) is 4.90 Å². The predicted octanol–water partition coefficient (Wildman–Crippen LogP) is 3.27. The van der Waals surface area contributed by atoms with E-state index in [2.05, 4.69) is 19.6 Å². The van der Waals surface area contributed by atoms with Crippen LogP contribution >= 0.6 is 12.6 Å². The van der Waals surface area contributed by atoms with Gasteiger partial charge >= 0.3 is 0 Å². The van der Waals surface area contributed by atoms with Crippen LogP contribution in [0.4, 0.5) is 0 Å². The predicted molar refractivity (Wildman–Crippen MR) is 72.0 cm³/mol. The minimum Gasteiger partial charge on any atom is -0.343 e. The summed E-state index contributed by atoms with van der Waals surface area (Å²) >= 11 is 4.58. The van der Waals surface area contributed by atoms with E-state index in [4.69, 9.17) is 0 Å². The van der Waals surface area contributed by atoms with Gasteiger partial charge in [-0.2, -0.15) is 12.6 Å². The molecule has 1 atom stereocenters. The molecule has 1 aliphatic heterocycles. The van der Waals surface area contributed by atoms with Crippen molar-refractivity contribution in [2.75, 3.05) is 13.1 Å². The summed E-state index contributed by atoms with van der Waals surface area (Å²) in [7, 11) is 0. The number of amides is 1. The van der Waals surface area contributed by atoms with E-state index in [1.165, 1.54) is 32.1 Å². The smallest absolute Gasteiger partial charge is 0.222 e. The van der Waals surface area contributed by atoms with E-state index in [1.807, 2.05) is 4.90 Å². The summed E-state index contributed by atoms with van der Waals surface area (Å²) in [5, 5.41) is 0.564. The zero-order valence-corrected chi connectivity index (χ0v) is 11.3. The molecule has 0 aromatic carbocycles. The van der Waals surface area contributed by atoms with Crippen molar-refractivity contribution in [3.63, 3.8) is 0 Å². The van der Waals surface area contributed by atoms with Crippen molar-refractivity contribution < 1.29 is 4.79 Å². The zero-order chi connectivity index (χ0) is 11.8. The molecule has 0 N–H and O–H groups in total. The number of unbranched alkanes of at least 4 members (excludes halogenated alkanes) is 2. The molecule has 2 nitrogen and oxygen atoms in total. The Labute approximate surface area is 105 Å². The molecule has 0 aromatic rings. The van der Waals surface area contributed by atoms with Gasteiger partial charge in [-0.25, -0.2) is 0 Å². The molecule has 1 aliphatic rings. The highest BCUT2D eigenvalue weighted by atomic mass is 32.1. The third kappa shape index (κ3) is 5.24. The maximum Gasteiger partial charge on any atom is 0.222 e. The fourth-order valence-electron chi connectivity index (χ4n) is 2.21. The molecule has 1 rings (SSSR count). The van der Waals surface area contributed by atoms with E-state index < -0.39 is 0 Å². The number of carbonyl (C=O) groups excluding carboxylic acids is 1. The van der Waals surface area contributed by atoms with Crippen molar-refractivity contribution in [3.05, 3.63) is 0 Å². The quantitative estimate of drug-likeness (QED) is 0.512. The molecule has 16 heavy (non-hydrogen) atoms. The van der Waals surface area contributed by atoms with Crippen LogP contribution in [0.3, 0.4) is 0 Å². The minimum absolute atomic E-state index is 0.355. The van der Waals surface area contributed by atoms with Crippen LogP contribution in [0.15, 0.2) is 0 Å². The second-order valence-corrected chi connectivity index (χ2v) is 5.51. The van der Waals surface area contributed by atoms with Crippen molar-refractivity contribution in [3.8, 4) is 0 Å². The number of hydrogen-bond acceptors (Lipinski definition) is 2. The van der Waals surface area contributed by atoms with Crippen LogP contribution in [-0.4, -0.2) is 29.1 Å². The highest BCUT2D eigenvalue weighted by molar-refractivity contribution is 7.80. The van der Waals surface area contributed by atoms with E-state index >= 15 is 0 Å². The first-order valence-electron chi connectivity index (χ1n) is 6.70. The molecule has 1 saturated heterocycles. The highest BCUT2D eigenvalue weighted by Gasteiger charge is 2.18. The van der Waals surface area contributed by atoms with Crippen molar-refractivity contribution in [1.29, 1.82) is 0 Å². The number of thiol groups is 1. The number of nitrogens with zero attached hydrogens (tertiary/aromatic N) is 1. The normalized spacial score (nSPS) is 18.1. The van der Waals surface area contributed by atoms with Gasteiger partial charge in [-0.1, -0.05) is 26.2 Å². The highest BCUT2D eigenvalue weighted by Crippen LogP contribution is 2.16. The van der Waals surface area contributed by atoms with Gasteiger partial charge in [-0.3, -0.25) is 4.79 Å². The Kier molecular flexibility index (Phi) is 6.93. The summed E-state index contributed by atoms with van der Waals surface area (Å²) in [6.07, 6.45) is 9.18. The molecule has 0 saturated carbocycles. The van der Waals surface area contributed by atoms with Gasteiger partial charge in [0.15, 0.2) is 0 Å². The number of likely N-dealkylation sites (tertiary alicyclic amines) is 1. The molecule has 0 bridgehead atoms. The first-order valence-corrected chi connectivity index (χ1v) is 7.21. The third-order valence-corrected chi connectivity index (χ3v) is 3.79. The van der Waals surface area contributed by atoms with Crippen LogP contribution in [0.2, 0.25) is 0 Å². The molecular weight excluding hydrogens is 218 g/mol. The van der Waals surface area contributed by atoms with Crippen LogP contribution in [0.5, 0.6) is 0 Å². The maximum absolute atomic E-state index is 11.4. The van der Waals surface area contributed by atoms with Gasteiger partial charge in [-0.05, 0) is 25.7 Å². The van der Waals surface area contributed by atoms with Crippen LogP contribution in [0.1, 0.15) is 58.3 Å². The van der Waals surface area contributed by atoms with E-state index in [0.29, 0.717) is 11.2 Å². The van der Waals surface area contributed by atoms with Crippen LogP contribution in [0, 0.1) is 0 Å². The van der Waals surface area contributed by atoms with E-state index in [-0.39, 0.29) is 0 Å². The average Bonchev–Trinajstić information content (AvgIpc) is 2.67. The summed E-state index contributed by atoms with van der Waals surface area (Å²) in [4.78, 5) is 13.4. The number of hydrogen-bond donors (Lipinski definition) is 1. The van der Waals surface area contributed by atoms with Gasteiger partial charge in [-0.15, -0.1) is 0 Å². The lowest BCUT2D eigenvalue weighted by molar-refractivity contribution is -0.127. The molecule has 94 valence electrons. The Balaban J connectivity index is 1.96. The summed E-state index contributed by atoms with van der Waals surface area (Å²) in [5.41, 5.74) is 0. The van der Waals surface area contributed by atoms with Crippen molar-refractivity contribution in [2.45, 2.75) is 63.5 Å². The lowest BCUT2D eigenvalue weighted by Gasteiger charge is -2.16. The summed E-state index contributed by atoms with van der Waals surface area (Å²) in [6, 6.07) is 0. The van der Waals surface area contributed by atoms with E-state index in [1.54, 1.807) is 0 Å². The second-order valence-electron chi connectivity index (χ2n) is 4.78. The fraction of sp³-hybridized carbons (Fsp3) is 0.923. The topological polar surface area (TPSA) is 20.3 Å². The number of rotatable bonds is 8. The van der Waals surface area contributed by atoms with Gasteiger partial charge in [0.25, 0.3) is 0 Å². The molecule has 1 unspecified atom stereocenters. The van der Waals surface area contributed by atoms with Crippen LogP contribution in [-0.2, 0) is 4.79 Å². The summed E-state index contributed by atoms with van der Waals surface area (Å²) < 4.78 is 0. The maximum atomic E-state index is 11.4. The third-order valence-electron chi connectivity index (χ3n) is 3.28. The first-order chi connectivity index (χ1) is 7.74. The Morgan fingerprint density at radius 2 is 2.06 bits per heavy atom. The van der Waals surface area contributed by atoms with Gasteiger partial charge in [0.2, 0.25) is 5.91 Å². The van der Waals surface area contributed by atoms with Gasteiger partial charge in [0.05, 0.1) is 0 Å². The van der Waals surface area contributed by atoms with Gasteiger partial charge in [0.1, 0.15) is 0 Å². The van der Waals surface area contributed by atoms with Crippen molar-refractivity contribution in [2.24, 2.45) is 0 Å². The molecule has 0 aliphatic carbocycles. The van der Waals surface area contributed by atoms with E-state index in [0.717, 1.165) is 32.4 Å². The molecular formula is C13H25NOS. The standard InChI is InChI=1S/C13H25NOS/c1-2-3-7-12(16)8-4-5-10-14-11-6-9-13(14)15/h12,16H,2-11H2,1H3. The minimum atomic E-state index is 0.355.